The number of thiazole rings is 1. The van der Waals surface area contributed by atoms with Gasteiger partial charge in [0.1, 0.15) is 5.75 Å². The third-order valence-electron chi connectivity index (χ3n) is 3.53. The number of hydrogen-bond acceptors (Lipinski definition) is 4. The molecular weight excluding hydrogens is 354 g/mol. The van der Waals surface area contributed by atoms with Crippen molar-refractivity contribution < 1.29 is 4.74 Å². The summed E-state index contributed by atoms with van der Waals surface area (Å²) in [6.07, 6.45) is 1.82. The van der Waals surface area contributed by atoms with Crippen molar-refractivity contribution in [2.75, 3.05) is 13.7 Å². The molecule has 0 N–H and O–H groups in total. The van der Waals surface area contributed by atoms with Crippen LogP contribution in [0.3, 0.4) is 0 Å². The number of ether oxygens (including phenoxy) is 1. The second kappa shape index (κ2) is 8.14. The molecule has 6 heteroatoms. The predicted molar refractivity (Wildman–Crippen MR) is 105 cm³/mol. The van der Waals surface area contributed by atoms with E-state index in [1.165, 1.54) is 0 Å². The molecule has 0 fully saturated rings. The highest BCUT2D eigenvalue weighted by Crippen LogP contribution is 2.22. The van der Waals surface area contributed by atoms with Crippen LogP contribution in [0.1, 0.15) is 12.5 Å². The second-order valence-electron chi connectivity index (χ2n) is 5.19. The van der Waals surface area contributed by atoms with Crippen LogP contribution in [0.4, 0.5) is 0 Å². The molecule has 1 heterocycles. The van der Waals surface area contributed by atoms with Crippen LogP contribution < -0.4 is 9.54 Å². The number of halogens is 1. The molecule has 0 bridgehead atoms. The largest absolute Gasteiger partial charge is 0.494 e. The lowest BCUT2D eigenvalue weighted by atomic mass is 10.2. The van der Waals surface area contributed by atoms with Crippen molar-refractivity contribution in [2.24, 2.45) is 10.1 Å². The Kier molecular flexibility index (Phi) is 5.68. The van der Waals surface area contributed by atoms with Gasteiger partial charge in [0, 0.05) is 23.0 Å². The minimum absolute atomic E-state index is 0.657. The predicted octanol–water partition coefficient (Wildman–Crippen LogP) is 4.68. The quantitative estimate of drug-likeness (QED) is 0.600. The summed E-state index contributed by atoms with van der Waals surface area (Å²) >= 11 is 7.53. The van der Waals surface area contributed by atoms with Crippen molar-refractivity contribution in [1.29, 1.82) is 0 Å². The highest BCUT2D eigenvalue weighted by Gasteiger charge is 2.07. The lowest BCUT2D eigenvalue weighted by Crippen LogP contribution is -2.11. The summed E-state index contributed by atoms with van der Waals surface area (Å²) in [5, 5.41) is 7.37. The first-order valence-electron chi connectivity index (χ1n) is 7.88. The fourth-order valence-corrected chi connectivity index (χ4v) is 3.25. The van der Waals surface area contributed by atoms with Crippen LogP contribution in [0.2, 0.25) is 5.02 Å². The van der Waals surface area contributed by atoms with Crippen LogP contribution in [0.25, 0.3) is 11.3 Å². The first-order chi connectivity index (χ1) is 12.2. The average Bonchev–Trinajstić information content (AvgIpc) is 3.05. The number of aromatic nitrogens is 1. The fraction of sp³-hybridized carbons (Fsp3) is 0.158. The number of benzene rings is 2. The molecule has 0 amide bonds. The van der Waals surface area contributed by atoms with E-state index in [4.69, 9.17) is 16.3 Å². The maximum atomic E-state index is 5.99. The van der Waals surface area contributed by atoms with Gasteiger partial charge in [0.2, 0.25) is 4.80 Å². The van der Waals surface area contributed by atoms with E-state index in [1.54, 1.807) is 18.4 Å². The molecule has 128 valence electrons. The van der Waals surface area contributed by atoms with Crippen LogP contribution in [-0.2, 0) is 0 Å². The van der Waals surface area contributed by atoms with E-state index < -0.39 is 0 Å². The van der Waals surface area contributed by atoms with Gasteiger partial charge in [-0.25, -0.2) is 4.68 Å². The van der Waals surface area contributed by atoms with Crippen molar-refractivity contribution in [3.05, 3.63) is 69.3 Å². The highest BCUT2D eigenvalue weighted by molar-refractivity contribution is 7.07. The fourth-order valence-electron chi connectivity index (χ4n) is 2.32. The van der Waals surface area contributed by atoms with Gasteiger partial charge in [-0.05, 0) is 48.9 Å². The molecule has 25 heavy (non-hydrogen) atoms. The van der Waals surface area contributed by atoms with Gasteiger partial charge in [0.15, 0.2) is 0 Å². The summed E-state index contributed by atoms with van der Waals surface area (Å²) in [7, 11) is 1.76. The van der Waals surface area contributed by atoms with E-state index in [1.807, 2.05) is 71.7 Å². The number of hydrogen-bond donors (Lipinski definition) is 0. The van der Waals surface area contributed by atoms with E-state index >= 15 is 0 Å². The van der Waals surface area contributed by atoms with E-state index in [0.717, 1.165) is 27.4 Å². The Morgan fingerprint density at radius 1 is 1.12 bits per heavy atom. The second-order valence-corrected chi connectivity index (χ2v) is 6.47. The van der Waals surface area contributed by atoms with Gasteiger partial charge in [-0.15, -0.1) is 11.3 Å². The van der Waals surface area contributed by atoms with Crippen molar-refractivity contribution in [3.63, 3.8) is 0 Å². The SMILES string of the molecule is CCOc1ccc(C=Nn2c(-c3ccc(Cl)cc3)csc2=NC)cc1. The van der Waals surface area contributed by atoms with E-state index in [-0.39, 0.29) is 0 Å². The normalized spacial score (nSPS) is 12.0. The first kappa shape index (κ1) is 17.5. The Morgan fingerprint density at radius 3 is 2.48 bits per heavy atom. The molecule has 1 aromatic heterocycles. The molecule has 3 aromatic rings. The molecular formula is C19H18ClN3OS. The van der Waals surface area contributed by atoms with Gasteiger partial charge in [-0.1, -0.05) is 23.7 Å². The smallest absolute Gasteiger partial charge is 0.205 e. The van der Waals surface area contributed by atoms with Gasteiger partial charge in [-0.3, -0.25) is 4.99 Å². The molecule has 0 unspecified atom stereocenters. The zero-order valence-corrected chi connectivity index (χ0v) is 15.6. The van der Waals surface area contributed by atoms with E-state index in [0.29, 0.717) is 11.6 Å². The van der Waals surface area contributed by atoms with Crippen molar-refractivity contribution in [3.8, 4) is 17.0 Å². The topological polar surface area (TPSA) is 38.9 Å². The molecule has 0 aliphatic heterocycles. The molecule has 0 aliphatic rings. The van der Waals surface area contributed by atoms with Gasteiger partial charge in [0.25, 0.3) is 0 Å². The van der Waals surface area contributed by atoms with Crippen molar-refractivity contribution >= 4 is 29.2 Å². The van der Waals surface area contributed by atoms with E-state index in [9.17, 15) is 0 Å². The highest BCUT2D eigenvalue weighted by atomic mass is 35.5. The van der Waals surface area contributed by atoms with Gasteiger partial charge < -0.3 is 4.74 Å². The summed E-state index contributed by atoms with van der Waals surface area (Å²) in [6.45, 7) is 2.63. The number of rotatable bonds is 5. The third kappa shape index (κ3) is 4.18. The molecule has 0 aliphatic carbocycles. The third-order valence-corrected chi connectivity index (χ3v) is 4.69. The van der Waals surface area contributed by atoms with Crippen LogP contribution in [-0.4, -0.2) is 24.5 Å². The molecule has 3 rings (SSSR count). The molecule has 0 spiro atoms. The molecule has 0 radical (unpaired) electrons. The van der Waals surface area contributed by atoms with Gasteiger partial charge in [-0.2, -0.15) is 5.10 Å². The summed E-state index contributed by atoms with van der Waals surface area (Å²) in [5.74, 6) is 0.855. The van der Waals surface area contributed by atoms with Crippen molar-refractivity contribution in [1.82, 2.24) is 4.68 Å². The maximum absolute atomic E-state index is 5.99. The van der Waals surface area contributed by atoms with E-state index in [2.05, 4.69) is 10.1 Å². The molecule has 0 saturated heterocycles. The Labute approximate surface area is 155 Å². The maximum Gasteiger partial charge on any atom is 0.205 e. The molecule has 2 aromatic carbocycles. The number of nitrogens with zero attached hydrogens (tertiary/aromatic N) is 3. The van der Waals surface area contributed by atoms with Crippen LogP contribution >= 0.6 is 22.9 Å². The standard InChI is InChI=1S/C19H18ClN3OS/c1-3-24-17-10-4-14(5-11-17)12-22-23-18(13-25-19(23)21-2)15-6-8-16(20)9-7-15/h4-13H,3H2,1-2H3. The summed E-state index contributed by atoms with van der Waals surface area (Å²) in [4.78, 5) is 5.13. The summed E-state index contributed by atoms with van der Waals surface area (Å²) < 4.78 is 7.30. The lowest BCUT2D eigenvalue weighted by molar-refractivity contribution is 0.340. The zero-order valence-electron chi connectivity index (χ0n) is 14.0. The zero-order chi connectivity index (χ0) is 17.6. The molecule has 0 saturated carbocycles. The average molecular weight is 372 g/mol. The molecule has 4 nitrogen and oxygen atoms in total. The Bertz CT molecular complexity index is 925. The van der Waals surface area contributed by atoms with Crippen LogP contribution in [0, 0.1) is 0 Å². The van der Waals surface area contributed by atoms with Gasteiger partial charge >= 0.3 is 0 Å². The van der Waals surface area contributed by atoms with Crippen LogP contribution in [0.5, 0.6) is 5.75 Å². The Balaban J connectivity index is 1.93. The van der Waals surface area contributed by atoms with Crippen molar-refractivity contribution in [2.45, 2.75) is 6.92 Å². The minimum Gasteiger partial charge on any atom is -0.494 e. The Hall–Kier alpha value is -2.37. The Morgan fingerprint density at radius 2 is 1.84 bits per heavy atom. The summed E-state index contributed by atoms with van der Waals surface area (Å²) in [6, 6.07) is 15.5. The monoisotopic (exact) mass is 371 g/mol. The lowest BCUT2D eigenvalue weighted by Gasteiger charge is -2.04. The molecule has 0 atom stereocenters. The minimum atomic E-state index is 0.657. The van der Waals surface area contributed by atoms with Crippen LogP contribution in [0.15, 0.2) is 64.0 Å². The summed E-state index contributed by atoms with van der Waals surface area (Å²) in [5.41, 5.74) is 3.01. The van der Waals surface area contributed by atoms with Gasteiger partial charge in [0.05, 0.1) is 18.5 Å². The first-order valence-corrected chi connectivity index (χ1v) is 9.13.